The van der Waals surface area contributed by atoms with Gasteiger partial charge in [-0.15, -0.1) is 0 Å². The summed E-state index contributed by atoms with van der Waals surface area (Å²) in [5, 5.41) is 3.78. The Bertz CT molecular complexity index is 1050. The normalized spacial score (nSPS) is 12.4. The highest BCUT2D eigenvalue weighted by Crippen LogP contribution is 2.23. The molecule has 1 amide bonds. The van der Waals surface area contributed by atoms with Gasteiger partial charge in [-0.1, -0.05) is 55.5 Å². The number of hydrogen-bond acceptors (Lipinski definition) is 4. The lowest BCUT2D eigenvalue weighted by Crippen LogP contribution is -2.45. The number of nitrogens with zero attached hydrogens (tertiary/aromatic N) is 1. The summed E-state index contributed by atoms with van der Waals surface area (Å²) in [4.78, 5) is 25.5. The van der Waals surface area contributed by atoms with Gasteiger partial charge in [0.25, 0.3) is 0 Å². The number of carbonyl (C=O) groups excluding carboxylic acids is 2. The average Bonchev–Trinajstić information content (AvgIpc) is 3.09. The fourth-order valence-electron chi connectivity index (χ4n) is 3.60. The summed E-state index contributed by atoms with van der Waals surface area (Å²) >= 11 is 0. The molecule has 0 radical (unpaired) electrons. The van der Waals surface area contributed by atoms with E-state index in [0.29, 0.717) is 6.42 Å². The van der Waals surface area contributed by atoms with Gasteiger partial charge in [0.1, 0.15) is 18.2 Å². The number of rotatable bonds is 8. The van der Waals surface area contributed by atoms with Crippen LogP contribution in [0.25, 0.3) is 10.9 Å². The summed E-state index contributed by atoms with van der Waals surface area (Å²) in [5.74, 6) is -0.493. The van der Waals surface area contributed by atoms with E-state index in [-0.39, 0.29) is 6.61 Å². The zero-order chi connectivity index (χ0) is 23.1. The number of aromatic nitrogens is 1. The highest BCUT2D eigenvalue weighted by molar-refractivity contribution is 5.86. The molecule has 32 heavy (non-hydrogen) atoms. The van der Waals surface area contributed by atoms with Crippen LogP contribution in [0.3, 0.4) is 0 Å². The topological polar surface area (TPSA) is 69.6 Å². The van der Waals surface area contributed by atoms with Crippen molar-refractivity contribution in [2.24, 2.45) is 0 Å². The van der Waals surface area contributed by atoms with Gasteiger partial charge in [-0.3, -0.25) is 0 Å². The Morgan fingerprint density at radius 1 is 1.03 bits per heavy atom. The minimum atomic E-state index is -0.866. The Kier molecular flexibility index (Phi) is 7.57. The van der Waals surface area contributed by atoms with E-state index in [4.69, 9.17) is 9.47 Å². The highest BCUT2D eigenvalue weighted by Gasteiger charge is 2.27. The molecule has 1 heterocycles. The second-order valence-corrected chi connectivity index (χ2v) is 8.86. The molecule has 6 heteroatoms. The molecule has 0 bridgehead atoms. The second-order valence-electron chi connectivity index (χ2n) is 8.86. The molecule has 0 aliphatic rings. The molecular weight excluding hydrogens is 404 g/mol. The van der Waals surface area contributed by atoms with Crippen LogP contribution in [0.1, 0.15) is 45.2 Å². The first kappa shape index (κ1) is 23.4. The third-order valence-electron chi connectivity index (χ3n) is 4.96. The number of para-hydroxylation sites is 1. The van der Waals surface area contributed by atoms with Crippen molar-refractivity contribution in [3.63, 3.8) is 0 Å². The lowest BCUT2D eigenvalue weighted by Gasteiger charge is -2.23. The van der Waals surface area contributed by atoms with Gasteiger partial charge in [0.05, 0.1) is 0 Å². The Hall–Kier alpha value is -3.28. The van der Waals surface area contributed by atoms with Gasteiger partial charge in [-0.25, -0.2) is 9.59 Å². The van der Waals surface area contributed by atoms with Crippen molar-refractivity contribution < 1.29 is 19.1 Å². The SMILES string of the molecule is CCCn1cc(CC(NC(=O)OC(C)(C)C)C(=O)OCc2ccccc2)c2ccccc21. The monoisotopic (exact) mass is 436 g/mol. The third-order valence-corrected chi connectivity index (χ3v) is 4.96. The number of esters is 1. The lowest BCUT2D eigenvalue weighted by molar-refractivity contribution is -0.147. The molecule has 1 atom stereocenters. The molecule has 170 valence electrons. The zero-order valence-electron chi connectivity index (χ0n) is 19.3. The number of alkyl carbamates (subject to hydrolysis) is 1. The van der Waals surface area contributed by atoms with E-state index >= 15 is 0 Å². The number of nitrogens with one attached hydrogen (secondary N) is 1. The number of amides is 1. The van der Waals surface area contributed by atoms with Crippen LogP contribution in [0, 0.1) is 0 Å². The summed E-state index contributed by atoms with van der Waals surface area (Å²) < 4.78 is 13.1. The number of benzene rings is 2. The summed E-state index contributed by atoms with van der Waals surface area (Å²) in [6.45, 7) is 8.50. The van der Waals surface area contributed by atoms with E-state index in [1.165, 1.54) is 0 Å². The van der Waals surface area contributed by atoms with Crippen molar-refractivity contribution >= 4 is 23.0 Å². The maximum absolute atomic E-state index is 13.0. The predicted octanol–water partition coefficient (Wildman–Crippen LogP) is 5.23. The van der Waals surface area contributed by atoms with Crippen LogP contribution in [-0.4, -0.2) is 28.3 Å². The number of fused-ring (bicyclic) bond motifs is 1. The zero-order valence-corrected chi connectivity index (χ0v) is 19.3. The first-order valence-electron chi connectivity index (χ1n) is 11.0. The summed E-state index contributed by atoms with van der Waals surface area (Å²) in [6, 6.07) is 16.7. The van der Waals surface area contributed by atoms with Gasteiger partial charge in [0, 0.05) is 30.1 Å². The fourth-order valence-corrected chi connectivity index (χ4v) is 3.60. The molecule has 0 aliphatic carbocycles. The molecule has 1 unspecified atom stereocenters. The van der Waals surface area contributed by atoms with Crippen LogP contribution in [0.2, 0.25) is 0 Å². The van der Waals surface area contributed by atoms with Crippen LogP contribution in [-0.2, 0) is 33.8 Å². The van der Waals surface area contributed by atoms with Gasteiger partial charge in [-0.2, -0.15) is 0 Å². The van der Waals surface area contributed by atoms with Crippen molar-refractivity contribution in [2.45, 2.75) is 65.3 Å². The van der Waals surface area contributed by atoms with E-state index in [1.54, 1.807) is 20.8 Å². The first-order chi connectivity index (χ1) is 15.3. The van der Waals surface area contributed by atoms with E-state index < -0.39 is 23.7 Å². The van der Waals surface area contributed by atoms with Crippen LogP contribution in [0.5, 0.6) is 0 Å². The van der Waals surface area contributed by atoms with Crippen LogP contribution in [0.15, 0.2) is 60.8 Å². The minimum absolute atomic E-state index is 0.143. The Morgan fingerprint density at radius 2 is 1.72 bits per heavy atom. The molecular formula is C26H32N2O4. The smallest absolute Gasteiger partial charge is 0.408 e. The van der Waals surface area contributed by atoms with Gasteiger partial charge < -0.3 is 19.4 Å². The standard InChI is InChI=1S/C26H32N2O4/c1-5-15-28-17-20(21-13-9-10-14-23(21)28)16-22(27-25(30)32-26(2,3)4)24(29)31-18-19-11-7-6-8-12-19/h6-14,17,22H,5,15-16,18H2,1-4H3,(H,27,30). The molecule has 0 aliphatic heterocycles. The van der Waals surface area contributed by atoms with Gasteiger partial charge in [-0.05, 0) is 44.4 Å². The maximum atomic E-state index is 13.0. The molecule has 1 N–H and O–H groups in total. The summed E-state index contributed by atoms with van der Waals surface area (Å²) in [5.41, 5.74) is 2.31. The molecule has 1 aromatic heterocycles. The van der Waals surface area contributed by atoms with E-state index in [1.807, 2.05) is 48.5 Å². The van der Waals surface area contributed by atoms with Crippen LogP contribution >= 0.6 is 0 Å². The molecule has 0 saturated carbocycles. The Balaban J connectivity index is 1.82. The molecule has 0 fully saturated rings. The Labute approximate surface area is 189 Å². The van der Waals surface area contributed by atoms with Crippen molar-refractivity contribution in [1.29, 1.82) is 0 Å². The maximum Gasteiger partial charge on any atom is 0.408 e. The second kappa shape index (κ2) is 10.4. The Morgan fingerprint density at radius 3 is 2.41 bits per heavy atom. The molecule has 3 aromatic rings. The van der Waals surface area contributed by atoms with Gasteiger partial charge in [0.15, 0.2) is 0 Å². The van der Waals surface area contributed by atoms with E-state index in [2.05, 4.69) is 29.1 Å². The fraction of sp³-hybridized carbons (Fsp3) is 0.385. The van der Waals surface area contributed by atoms with Crippen molar-refractivity contribution in [3.05, 3.63) is 71.9 Å². The van der Waals surface area contributed by atoms with Gasteiger partial charge >= 0.3 is 12.1 Å². The molecule has 0 saturated heterocycles. The molecule has 0 spiro atoms. The molecule has 2 aromatic carbocycles. The number of aryl methyl sites for hydroxylation is 1. The quantitative estimate of drug-likeness (QED) is 0.491. The number of ether oxygens (including phenoxy) is 2. The van der Waals surface area contributed by atoms with E-state index in [0.717, 1.165) is 35.0 Å². The summed E-state index contributed by atoms with van der Waals surface area (Å²) in [6.07, 6.45) is 2.72. The molecule has 3 rings (SSSR count). The van der Waals surface area contributed by atoms with Crippen molar-refractivity contribution in [1.82, 2.24) is 9.88 Å². The van der Waals surface area contributed by atoms with E-state index in [9.17, 15) is 9.59 Å². The lowest BCUT2D eigenvalue weighted by atomic mass is 10.1. The third kappa shape index (κ3) is 6.36. The number of hydrogen-bond donors (Lipinski definition) is 1. The number of carbonyl (C=O) groups is 2. The largest absolute Gasteiger partial charge is 0.459 e. The van der Waals surface area contributed by atoms with Crippen molar-refractivity contribution in [3.8, 4) is 0 Å². The van der Waals surface area contributed by atoms with Crippen molar-refractivity contribution in [2.75, 3.05) is 0 Å². The first-order valence-corrected chi connectivity index (χ1v) is 11.0. The van der Waals surface area contributed by atoms with Gasteiger partial charge in [0.2, 0.25) is 0 Å². The average molecular weight is 437 g/mol. The summed E-state index contributed by atoms with van der Waals surface area (Å²) in [7, 11) is 0. The van der Waals surface area contributed by atoms with Crippen LogP contribution in [0.4, 0.5) is 4.79 Å². The predicted molar refractivity (Wildman–Crippen MR) is 125 cm³/mol. The molecule has 6 nitrogen and oxygen atoms in total. The van der Waals surface area contributed by atoms with Crippen LogP contribution < -0.4 is 5.32 Å². The highest BCUT2D eigenvalue weighted by atomic mass is 16.6. The minimum Gasteiger partial charge on any atom is -0.459 e.